The molecule has 1 N–H and O–H groups in total. The zero-order valence-electron chi connectivity index (χ0n) is 10.4. The van der Waals surface area contributed by atoms with Crippen LogP contribution in [0.25, 0.3) is 0 Å². The second-order valence-corrected chi connectivity index (χ2v) is 3.70. The molecule has 0 fully saturated rings. The number of rotatable bonds is 8. The Morgan fingerprint density at radius 3 is 2.89 bits per heavy atom. The molecule has 0 aromatic heterocycles. The molecule has 0 saturated carbocycles. The Morgan fingerprint density at radius 2 is 2.17 bits per heavy atom. The van der Waals surface area contributed by atoms with Crippen molar-refractivity contribution in [1.82, 2.24) is 5.32 Å². The highest BCUT2D eigenvalue weighted by Crippen LogP contribution is 2.09. The molecule has 5 heteroatoms. The Hall–Kier alpha value is -1.48. The summed E-state index contributed by atoms with van der Waals surface area (Å²) in [5.41, 5.74) is 0.954. The summed E-state index contributed by atoms with van der Waals surface area (Å²) in [6, 6.07) is 6.31. The summed E-state index contributed by atoms with van der Waals surface area (Å²) < 4.78 is 23.5. The van der Waals surface area contributed by atoms with Gasteiger partial charge >= 0.3 is 0 Å². The molecule has 4 nitrogen and oxygen atoms in total. The SMILES string of the molecule is COCCOCCNCc1cc(C#N)ccc1F. The molecule has 0 amide bonds. The second kappa shape index (κ2) is 8.59. The lowest BCUT2D eigenvalue weighted by Gasteiger charge is -2.07. The fourth-order valence-electron chi connectivity index (χ4n) is 1.39. The number of halogens is 1. The van der Waals surface area contributed by atoms with Gasteiger partial charge in [-0.25, -0.2) is 4.39 Å². The second-order valence-electron chi connectivity index (χ2n) is 3.70. The third kappa shape index (κ3) is 5.23. The highest BCUT2D eigenvalue weighted by molar-refractivity contribution is 5.33. The lowest BCUT2D eigenvalue weighted by atomic mass is 10.1. The van der Waals surface area contributed by atoms with Crippen LogP contribution in [-0.2, 0) is 16.0 Å². The first-order valence-electron chi connectivity index (χ1n) is 5.74. The Morgan fingerprint density at radius 1 is 1.33 bits per heavy atom. The summed E-state index contributed by atoms with van der Waals surface area (Å²) in [5.74, 6) is -0.304. The highest BCUT2D eigenvalue weighted by atomic mass is 19.1. The molecule has 0 aliphatic heterocycles. The first kappa shape index (κ1) is 14.6. The van der Waals surface area contributed by atoms with Crippen molar-refractivity contribution in [2.45, 2.75) is 6.54 Å². The molecule has 0 bridgehead atoms. The van der Waals surface area contributed by atoms with Crippen molar-refractivity contribution < 1.29 is 13.9 Å². The zero-order valence-corrected chi connectivity index (χ0v) is 10.4. The normalized spacial score (nSPS) is 10.3. The minimum Gasteiger partial charge on any atom is -0.382 e. The predicted molar refractivity (Wildman–Crippen MR) is 65.5 cm³/mol. The largest absolute Gasteiger partial charge is 0.382 e. The van der Waals surface area contributed by atoms with Crippen LogP contribution in [0.15, 0.2) is 18.2 Å². The minimum atomic E-state index is -0.304. The molecular formula is C13H17FN2O2. The molecule has 1 rings (SSSR count). The molecule has 0 heterocycles. The monoisotopic (exact) mass is 252 g/mol. The maximum atomic E-state index is 13.4. The van der Waals surface area contributed by atoms with E-state index in [9.17, 15) is 4.39 Å². The Balaban J connectivity index is 2.25. The number of nitrogens with zero attached hydrogens (tertiary/aromatic N) is 1. The van der Waals surface area contributed by atoms with Gasteiger partial charge in [0.1, 0.15) is 5.82 Å². The van der Waals surface area contributed by atoms with E-state index in [2.05, 4.69) is 5.32 Å². The van der Waals surface area contributed by atoms with Crippen LogP contribution in [-0.4, -0.2) is 33.5 Å². The van der Waals surface area contributed by atoms with Crippen LogP contribution in [0.4, 0.5) is 4.39 Å². The van der Waals surface area contributed by atoms with Crippen molar-refractivity contribution in [2.75, 3.05) is 33.5 Å². The van der Waals surface area contributed by atoms with E-state index >= 15 is 0 Å². The first-order valence-corrected chi connectivity index (χ1v) is 5.74. The average Bonchev–Trinajstić information content (AvgIpc) is 2.39. The summed E-state index contributed by atoms with van der Waals surface area (Å²) in [4.78, 5) is 0. The van der Waals surface area contributed by atoms with E-state index in [1.165, 1.54) is 12.1 Å². The fourth-order valence-corrected chi connectivity index (χ4v) is 1.39. The van der Waals surface area contributed by atoms with E-state index in [0.717, 1.165) is 0 Å². The Kier molecular flexibility index (Phi) is 6.96. The molecule has 18 heavy (non-hydrogen) atoms. The summed E-state index contributed by atoms with van der Waals surface area (Å²) in [7, 11) is 1.62. The van der Waals surface area contributed by atoms with Gasteiger partial charge in [-0.05, 0) is 18.2 Å². The predicted octanol–water partition coefficient (Wildman–Crippen LogP) is 1.45. The van der Waals surface area contributed by atoms with Gasteiger partial charge in [0.05, 0.1) is 31.5 Å². The summed E-state index contributed by atoms with van der Waals surface area (Å²) >= 11 is 0. The van der Waals surface area contributed by atoms with Crippen LogP contribution < -0.4 is 5.32 Å². The molecule has 98 valence electrons. The Bertz CT molecular complexity index is 404. The maximum absolute atomic E-state index is 13.4. The number of ether oxygens (including phenoxy) is 2. The molecule has 0 aliphatic carbocycles. The lowest BCUT2D eigenvalue weighted by Crippen LogP contribution is -2.20. The van der Waals surface area contributed by atoms with Gasteiger partial charge in [-0.3, -0.25) is 0 Å². The summed E-state index contributed by atoms with van der Waals surface area (Å²) in [6.07, 6.45) is 0. The van der Waals surface area contributed by atoms with E-state index in [1.54, 1.807) is 13.2 Å². The third-order valence-electron chi connectivity index (χ3n) is 2.35. The van der Waals surface area contributed by atoms with Gasteiger partial charge in [0.15, 0.2) is 0 Å². The van der Waals surface area contributed by atoms with Crippen molar-refractivity contribution in [1.29, 1.82) is 5.26 Å². The van der Waals surface area contributed by atoms with Crippen molar-refractivity contribution in [3.8, 4) is 6.07 Å². The van der Waals surface area contributed by atoms with Crippen molar-refractivity contribution in [3.63, 3.8) is 0 Å². The van der Waals surface area contributed by atoms with E-state index in [4.69, 9.17) is 14.7 Å². The fraction of sp³-hybridized carbons (Fsp3) is 0.462. The molecule has 1 aromatic rings. The molecule has 0 atom stereocenters. The molecule has 0 spiro atoms. The molecule has 0 aliphatic rings. The number of hydrogen-bond acceptors (Lipinski definition) is 4. The minimum absolute atomic E-state index is 0.304. The topological polar surface area (TPSA) is 54.3 Å². The number of benzene rings is 1. The van der Waals surface area contributed by atoms with Crippen LogP contribution >= 0.6 is 0 Å². The van der Waals surface area contributed by atoms with Crippen LogP contribution in [0, 0.1) is 17.1 Å². The third-order valence-corrected chi connectivity index (χ3v) is 2.35. The Labute approximate surface area is 106 Å². The van der Waals surface area contributed by atoms with E-state index in [-0.39, 0.29) is 5.82 Å². The van der Waals surface area contributed by atoms with Gasteiger partial charge in [0.2, 0.25) is 0 Å². The molecule has 0 unspecified atom stereocenters. The summed E-state index contributed by atoms with van der Waals surface area (Å²) in [5, 5.41) is 11.8. The smallest absolute Gasteiger partial charge is 0.127 e. The maximum Gasteiger partial charge on any atom is 0.127 e. The zero-order chi connectivity index (χ0) is 13.2. The number of methoxy groups -OCH3 is 1. The average molecular weight is 252 g/mol. The van der Waals surface area contributed by atoms with Crippen LogP contribution in [0.5, 0.6) is 0 Å². The number of nitrogens with one attached hydrogen (secondary N) is 1. The van der Waals surface area contributed by atoms with E-state index in [0.29, 0.717) is 44.0 Å². The van der Waals surface area contributed by atoms with Crippen molar-refractivity contribution >= 4 is 0 Å². The van der Waals surface area contributed by atoms with Gasteiger partial charge in [-0.2, -0.15) is 5.26 Å². The van der Waals surface area contributed by atoms with Crippen LogP contribution in [0.2, 0.25) is 0 Å². The van der Waals surface area contributed by atoms with Crippen LogP contribution in [0.3, 0.4) is 0 Å². The first-order chi connectivity index (χ1) is 8.77. The molecule has 1 aromatic carbocycles. The lowest BCUT2D eigenvalue weighted by molar-refractivity contribution is 0.0719. The van der Waals surface area contributed by atoms with Gasteiger partial charge in [-0.15, -0.1) is 0 Å². The van der Waals surface area contributed by atoms with Crippen LogP contribution in [0.1, 0.15) is 11.1 Å². The van der Waals surface area contributed by atoms with Gasteiger partial charge in [0.25, 0.3) is 0 Å². The van der Waals surface area contributed by atoms with Gasteiger partial charge < -0.3 is 14.8 Å². The van der Waals surface area contributed by atoms with Gasteiger partial charge in [-0.1, -0.05) is 0 Å². The van der Waals surface area contributed by atoms with Crippen molar-refractivity contribution in [2.24, 2.45) is 0 Å². The molecule has 0 radical (unpaired) electrons. The molecular weight excluding hydrogens is 235 g/mol. The molecule has 0 saturated heterocycles. The standard InChI is InChI=1S/C13H17FN2O2/c1-17-6-7-18-5-4-16-10-12-8-11(9-15)2-3-13(12)14/h2-3,8,16H,4-7,10H2,1H3. The van der Waals surface area contributed by atoms with E-state index in [1.807, 2.05) is 6.07 Å². The highest BCUT2D eigenvalue weighted by Gasteiger charge is 2.02. The van der Waals surface area contributed by atoms with Crippen molar-refractivity contribution in [3.05, 3.63) is 35.1 Å². The quantitative estimate of drug-likeness (QED) is 0.711. The van der Waals surface area contributed by atoms with E-state index < -0.39 is 0 Å². The van der Waals surface area contributed by atoms with Gasteiger partial charge in [0, 0.05) is 25.8 Å². The summed E-state index contributed by atoms with van der Waals surface area (Å²) in [6.45, 7) is 2.67. The number of hydrogen-bond donors (Lipinski definition) is 1. The number of nitriles is 1.